The summed E-state index contributed by atoms with van der Waals surface area (Å²) in [7, 11) is 0. The van der Waals surface area contributed by atoms with Crippen molar-refractivity contribution < 1.29 is 14.3 Å². The minimum Gasteiger partial charge on any atom is -0.463 e. The SMILES string of the molecule is CCCCCCCCC=CCCCCCCCC(=O)OCC1CO1. The van der Waals surface area contributed by atoms with Gasteiger partial charge >= 0.3 is 5.97 Å². The molecule has 0 aromatic rings. The van der Waals surface area contributed by atoms with E-state index in [-0.39, 0.29) is 12.1 Å². The zero-order valence-corrected chi connectivity index (χ0v) is 15.8. The van der Waals surface area contributed by atoms with Gasteiger partial charge in [-0.1, -0.05) is 70.4 Å². The largest absolute Gasteiger partial charge is 0.463 e. The third-order valence-corrected chi connectivity index (χ3v) is 4.48. The fourth-order valence-electron chi connectivity index (χ4n) is 2.76. The van der Waals surface area contributed by atoms with Crippen LogP contribution in [0.5, 0.6) is 0 Å². The van der Waals surface area contributed by atoms with Gasteiger partial charge in [0.1, 0.15) is 12.7 Å². The number of hydrogen-bond donors (Lipinski definition) is 0. The van der Waals surface area contributed by atoms with Crippen LogP contribution in [0, 0.1) is 0 Å². The molecule has 0 aliphatic carbocycles. The Hall–Kier alpha value is -0.830. The van der Waals surface area contributed by atoms with Crippen LogP contribution in [-0.4, -0.2) is 25.3 Å². The highest BCUT2D eigenvalue weighted by atomic mass is 16.6. The molecule has 24 heavy (non-hydrogen) atoms. The molecule has 1 saturated heterocycles. The van der Waals surface area contributed by atoms with Crippen LogP contribution in [0.2, 0.25) is 0 Å². The minimum atomic E-state index is -0.0665. The second kappa shape index (κ2) is 15.7. The molecule has 140 valence electrons. The van der Waals surface area contributed by atoms with Crippen molar-refractivity contribution >= 4 is 5.97 Å². The molecule has 0 bridgehead atoms. The Morgan fingerprint density at radius 1 is 0.917 bits per heavy atom. The van der Waals surface area contributed by atoms with Gasteiger partial charge in [-0.15, -0.1) is 0 Å². The summed E-state index contributed by atoms with van der Waals surface area (Å²) in [6.45, 7) is 3.47. The number of epoxide rings is 1. The zero-order valence-electron chi connectivity index (χ0n) is 15.8. The highest BCUT2D eigenvalue weighted by molar-refractivity contribution is 5.69. The molecule has 1 rings (SSSR count). The third kappa shape index (κ3) is 14.7. The van der Waals surface area contributed by atoms with Crippen molar-refractivity contribution in [2.45, 2.75) is 103 Å². The monoisotopic (exact) mass is 338 g/mol. The molecule has 3 nitrogen and oxygen atoms in total. The number of allylic oxidation sites excluding steroid dienone is 2. The highest BCUT2D eigenvalue weighted by Crippen LogP contribution is 2.12. The number of hydrogen-bond acceptors (Lipinski definition) is 3. The molecule has 1 aliphatic rings. The molecule has 3 heteroatoms. The van der Waals surface area contributed by atoms with Gasteiger partial charge in [0.15, 0.2) is 0 Å². The predicted octanol–water partition coefficient (Wildman–Crippen LogP) is 5.97. The molecule has 0 spiro atoms. The fraction of sp³-hybridized carbons (Fsp3) is 0.857. The van der Waals surface area contributed by atoms with Crippen molar-refractivity contribution in [2.24, 2.45) is 0 Å². The van der Waals surface area contributed by atoms with Gasteiger partial charge < -0.3 is 9.47 Å². The van der Waals surface area contributed by atoms with Crippen LogP contribution in [0.1, 0.15) is 96.8 Å². The first-order valence-corrected chi connectivity index (χ1v) is 10.2. The van der Waals surface area contributed by atoms with E-state index in [2.05, 4.69) is 19.1 Å². The Morgan fingerprint density at radius 3 is 2.04 bits per heavy atom. The third-order valence-electron chi connectivity index (χ3n) is 4.48. The van der Waals surface area contributed by atoms with Crippen molar-refractivity contribution in [3.8, 4) is 0 Å². The van der Waals surface area contributed by atoms with Crippen LogP contribution >= 0.6 is 0 Å². The van der Waals surface area contributed by atoms with E-state index in [1.807, 2.05) is 0 Å². The zero-order chi connectivity index (χ0) is 17.3. The summed E-state index contributed by atoms with van der Waals surface area (Å²) in [6.07, 6.45) is 22.1. The normalized spacial score (nSPS) is 16.6. The van der Waals surface area contributed by atoms with Crippen LogP contribution < -0.4 is 0 Å². The van der Waals surface area contributed by atoms with Gasteiger partial charge in [0, 0.05) is 6.42 Å². The van der Waals surface area contributed by atoms with Crippen LogP contribution in [-0.2, 0) is 14.3 Å². The average molecular weight is 339 g/mol. The molecule has 1 aliphatic heterocycles. The minimum absolute atomic E-state index is 0.0665. The summed E-state index contributed by atoms with van der Waals surface area (Å²) in [4.78, 5) is 11.4. The van der Waals surface area contributed by atoms with Gasteiger partial charge in [0.2, 0.25) is 0 Å². The van der Waals surface area contributed by atoms with Crippen molar-refractivity contribution in [3.05, 3.63) is 12.2 Å². The maximum Gasteiger partial charge on any atom is 0.305 e. The molecule has 1 atom stereocenters. The summed E-state index contributed by atoms with van der Waals surface area (Å²) in [6, 6.07) is 0. The summed E-state index contributed by atoms with van der Waals surface area (Å²) >= 11 is 0. The van der Waals surface area contributed by atoms with E-state index in [4.69, 9.17) is 9.47 Å². The molecule has 1 unspecified atom stereocenters. The topological polar surface area (TPSA) is 38.8 Å². The first-order chi connectivity index (χ1) is 11.8. The smallest absolute Gasteiger partial charge is 0.305 e. The Kier molecular flexibility index (Phi) is 13.9. The van der Waals surface area contributed by atoms with E-state index >= 15 is 0 Å². The highest BCUT2D eigenvalue weighted by Gasteiger charge is 2.23. The molecular weight excluding hydrogens is 300 g/mol. The number of carbonyl (C=O) groups is 1. The van der Waals surface area contributed by atoms with E-state index < -0.39 is 0 Å². The molecule has 1 fully saturated rings. The van der Waals surface area contributed by atoms with Gasteiger partial charge in [-0.05, 0) is 32.1 Å². The quantitative estimate of drug-likeness (QED) is 0.142. The Bertz CT molecular complexity index is 321. The summed E-state index contributed by atoms with van der Waals surface area (Å²) in [5.41, 5.74) is 0. The maximum atomic E-state index is 11.4. The summed E-state index contributed by atoms with van der Waals surface area (Å²) in [5, 5.41) is 0. The van der Waals surface area contributed by atoms with Gasteiger partial charge in [0.05, 0.1) is 6.61 Å². The first-order valence-electron chi connectivity index (χ1n) is 10.2. The first kappa shape index (κ1) is 21.2. The lowest BCUT2D eigenvalue weighted by atomic mass is 10.1. The second-order valence-electron chi connectivity index (χ2n) is 6.97. The number of ether oxygens (including phenoxy) is 2. The van der Waals surface area contributed by atoms with Crippen LogP contribution in [0.25, 0.3) is 0 Å². The Labute approximate surface area is 149 Å². The van der Waals surface area contributed by atoms with Crippen LogP contribution in [0.15, 0.2) is 12.2 Å². The van der Waals surface area contributed by atoms with Crippen LogP contribution in [0.4, 0.5) is 0 Å². The van der Waals surface area contributed by atoms with E-state index in [1.54, 1.807) is 0 Å². The molecule has 0 aromatic heterocycles. The molecule has 0 saturated carbocycles. The lowest BCUT2D eigenvalue weighted by Gasteiger charge is -2.02. The van der Waals surface area contributed by atoms with Crippen LogP contribution in [0.3, 0.4) is 0 Å². The van der Waals surface area contributed by atoms with Gasteiger partial charge in [-0.3, -0.25) is 4.79 Å². The lowest BCUT2D eigenvalue weighted by Crippen LogP contribution is -2.09. The molecule has 0 N–H and O–H groups in total. The maximum absolute atomic E-state index is 11.4. The molecule has 1 heterocycles. The standard InChI is InChI=1S/C21H38O3/c1-2-3-4-5-6-7-8-9-10-11-12-13-14-15-16-17-21(22)24-19-20-18-23-20/h9-10,20H,2-8,11-19H2,1H3. The van der Waals surface area contributed by atoms with Crippen molar-refractivity contribution in [1.29, 1.82) is 0 Å². The fourth-order valence-corrected chi connectivity index (χ4v) is 2.76. The molecule has 0 radical (unpaired) electrons. The van der Waals surface area contributed by atoms with Crippen molar-refractivity contribution in [3.63, 3.8) is 0 Å². The van der Waals surface area contributed by atoms with Crippen molar-refractivity contribution in [1.82, 2.24) is 0 Å². The molecular formula is C21H38O3. The Morgan fingerprint density at radius 2 is 1.46 bits per heavy atom. The van der Waals surface area contributed by atoms with E-state index in [1.165, 1.54) is 70.6 Å². The number of carbonyl (C=O) groups excluding carboxylic acids is 1. The number of esters is 1. The lowest BCUT2D eigenvalue weighted by molar-refractivity contribution is -0.144. The number of rotatable bonds is 17. The van der Waals surface area contributed by atoms with E-state index in [9.17, 15) is 4.79 Å². The molecule has 0 aromatic carbocycles. The predicted molar refractivity (Wildman–Crippen MR) is 100 cm³/mol. The number of unbranched alkanes of at least 4 members (excludes halogenated alkanes) is 11. The van der Waals surface area contributed by atoms with E-state index in [0.29, 0.717) is 13.0 Å². The van der Waals surface area contributed by atoms with Gasteiger partial charge in [0.25, 0.3) is 0 Å². The van der Waals surface area contributed by atoms with E-state index in [0.717, 1.165) is 19.4 Å². The Balaban J connectivity index is 1.72. The summed E-state index contributed by atoms with van der Waals surface area (Å²) in [5.74, 6) is -0.0665. The second-order valence-corrected chi connectivity index (χ2v) is 6.97. The van der Waals surface area contributed by atoms with Gasteiger partial charge in [-0.2, -0.15) is 0 Å². The van der Waals surface area contributed by atoms with Gasteiger partial charge in [-0.25, -0.2) is 0 Å². The molecule has 0 amide bonds. The van der Waals surface area contributed by atoms with Crippen molar-refractivity contribution in [2.75, 3.05) is 13.2 Å². The average Bonchev–Trinajstić information content (AvgIpc) is 3.41. The summed E-state index contributed by atoms with van der Waals surface area (Å²) < 4.78 is 10.1.